The number of halogens is 3. The molecule has 120 heavy (non-hydrogen) atoms. The highest BCUT2D eigenvalue weighted by atomic mass is 79.9. The molecule has 7 aliphatic heterocycles. The van der Waals surface area contributed by atoms with E-state index in [9.17, 15) is 33.2 Å². The highest BCUT2D eigenvalue weighted by Gasteiger charge is 2.52. The Hall–Kier alpha value is -10.4. The van der Waals surface area contributed by atoms with Gasteiger partial charge < -0.3 is 38.2 Å². The minimum absolute atomic E-state index is 0. The van der Waals surface area contributed by atoms with Crippen LogP contribution in [0.1, 0.15) is 179 Å². The molecule has 4 atom stereocenters. The monoisotopic (exact) mass is 1730 g/mol. The molecular weight excluding hydrogens is 1630 g/mol. The number of aliphatic imine (C=N–C) groups is 2. The molecule has 2 unspecified atom stereocenters. The second kappa shape index (κ2) is 36.1. The maximum Gasteiger partial charge on any atom is 0.494 e. The Balaban J connectivity index is 0.000000164. The fraction of sp³-hybridized carbons (Fsp3) is 0.362. The van der Waals surface area contributed by atoms with E-state index < -0.39 is 58.0 Å². The van der Waals surface area contributed by atoms with Crippen molar-refractivity contribution in [2.45, 2.75) is 193 Å². The van der Waals surface area contributed by atoms with Gasteiger partial charge in [0.25, 0.3) is 0 Å². The molecule has 5 saturated heterocycles. The first-order valence-corrected chi connectivity index (χ1v) is 41.4. The largest absolute Gasteiger partial charge is 0.494 e. The lowest BCUT2D eigenvalue weighted by atomic mass is 9.78. The number of rotatable bonds is 12. The average Bonchev–Trinajstić information content (AvgIpc) is 1.59. The number of aromatic amines is 2. The number of amides is 4. The van der Waals surface area contributed by atoms with Crippen LogP contribution >= 0.6 is 42.9 Å². The first-order chi connectivity index (χ1) is 56.4. The van der Waals surface area contributed by atoms with E-state index in [0.29, 0.717) is 62.8 Å². The van der Waals surface area contributed by atoms with Crippen LogP contribution in [0.2, 0.25) is 0 Å². The van der Waals surface area contributed by atoms with Crippen LogP contribution in [0.15, 0.2) is 206 Å². The van der Waals surface area contributed by atoms with Crippen molar-refractivity contribution in [3.05, 3.63) is 252 Å². The van der Waals surface area contributed by atoms with Gasteiger partial charge in [-0.15, -0.1) is 0 Å². The van der Waals surface area contributed by atoms with Gasteiger partial charge >= 0.3 is 31.5 Å². The minimum Gasteiger partial charge on any atom is -0.445 e. The van der Waals surface area contributed by atoms with Gasteiger partial charge in [-0.2, -0.15) is 27.0 Å². The zero-order valence-corrected chi connectivity index (χ0v) is 72.8. The summed E-state index contributed by atoms with van der Waals surface area (Å²) in [5.41, 5.74) is 9.28. The summed E-state index contributed by atoms with van der Waals surface area (Å²) in [5, 5.41) is 4.96. The molecule has 26 heteroatoms. The Labute approximate surface area is 719 Å². The Morgan fingerprint density at radius 2 is 0.842 bits per heavy atom. The van der Waals surface area contributed by atoms with E-state index in [1.54, 1.807) is 24.3 Å². The van der Waals surface area contributed by atoms with Crippen LogP contribution in [0.4, 0.5) is 28.0 Å². The predicted molar refractivity (Wildman–Crippen MR) is 483 cm³/mol. The summed E-state index contributed by atoms with van der Waals surface area (Å²) in [5.74, 6) is -1.72. The molecule has 17 rings (SSSR count). The van der Waals surface area contributed by atoms with Crippen molar-refractivity contribution >= 4 is 146 Å². The van der Waals surface area contributed by atoms with E-state index in [-0.39, 0.29) is 105 Å². The smallest absolute Gasteiger partial charge is 0.445 e. The SMILES string of the molecule is CC(C)(C)OC(=O)N1CCC[C@H]1C1=NC=C(c2ccc3cc(-c4ccc5c(=O)c(F)c(C6CCCN6C(=O)OCc6ccccc6)[nH]c5c4)ccc3c2)C1.CC(C)(C)OC(=O)N1CCC[C@H]1C1=NC=C(c2ccc3cc(B4OC(C)(C)C(C)(C)O4)ccc3c2)C1.O=C(OCc1ccccc1)N1CCCC1c1[nH]c2cc(Br)ccc2c(=O)c1F.S.S. The number of nitrogens with one attached hydrogen (secondary N) is 2. The average molecular weight is 1730 g/mol. The number of H-pyrrole nitrogens is 2. The molecule has 20 nitrogen and oxygen atoms in total. The summed E-state index contributed by atoms with van der Waals surface area (Å²) in [6.45, 7) is 22.2. The molecule has 7 aliphatic rings. The number of allylic oxidation sites excluding steroid dienone is 2. The van der Waals surface area contributed by atoms with Crippen LogP contribution in [-0.2, 0) is 41.5 Å². The Bertz CT molecular complexity index is 5820. The van der Waals surface area contributed by atoms with E-state index in [1.807, 2.05) is 143 Å². The zero-order chi connectivity index (χ0) is 83.1. The standard InChI is InChI=1S/C44H43FN4O5.C29H37BN2O4.C21H18BrFN2O3.2H2S/c1-44(2,3)54-43(52)48-19-7-11-37(48)36-24-33(25-46-36)31-16-15-28-21-30(14-13-29(28)22-31)32-17-18-34-35(23-32)47-40(39(45)41(34)50)38-12-8-20-49(38)42(51)53-26-27-9-5-4-6-10-27;1-27(2,3)34-26(33)32-14-8-9-25(32)24-17-22(18-31-24)20-10-11-21-16-23(13-12-19(21)15-20)30-35-28(4,5)29(6,7)36-30;22-14-8-9-15-16(11-14)24-19(18(23)20(15)26)17-7-4-10-25(17)21(27)28-12-13-5-2-1-3-6-13;;/h4-6,9-10,13-18,21-23,25,37-38H,7-8,11-12,19-20,24,26H2,1-3H3,(H,47,50);10-13,15-16,18,25H,8-9,14,17H2,1-7H3;1-3,5-6,8-9,11,17H,4,7,10,12H2,(H,24,26);2*1H2/t37-,38?;25-;;;/m00.../s1. The van der Waals surface area contributed by atoms with Gasteiger partial charge in [0, 0.05) is 78.1 Å². The molecule has 9 heterocycles. The molecule has 0 radical (unpaired) electrons. The molecule has 5 fully saturated rings. The van der Waals surface area contributed by atoms with Gasteiger partial charge in [-0.25, -0.2) is 28.0 Å². The molecule has 2 aromatic heterocycles. The van der Waals surface area contributed by atoms with Crippen molar-refractivity contribution in [3.8, 4) is 11.1 Å². The summed E-state index contributed by atoms with van der Waals surface area (Å²) in [6, 6.07) is 53.4. The van der Waals surface area contributed by atoms with Crippen molar-refractivity contribution in [3.63, 3.8) is 0 Å². The van der Waals surface area contributed by atoms with Gasteiger partial charge in [0.1, 0.15) is 24.4 Å². The molecule has 2 N–H and O–H groups in total. The highest BCUT2D eigenvalue weighted by Crippen LogP contribution is 2.41. The number of hydrogen-bond donors (Lipinski definition) is 2. The van der Waals surface area contributed by atoms with Crippen molar-refractivity contribution in [1.29, 1.82) is 0 Å². The molecule has 626 valence electrons. The maximum atomic E-state index is 15.7. The first kappa shape index (κ1) is 87.4. The molecule has 10 aromatic rings. The molecule has 0 saturated carbocycles. The number of carbonyl (C=O) groups is 4. The van der Waals surface area contributed by atoms with Gasteiger partial charge in [0.2, 0.25) is 10.9 Å². The minimum atomic E-state index is -0.872. The second-order valence-corrected chi connectivity index (χ2v) is 35.3. The van der Waals surface area contributed by atoms with E-state index in [2.05, 4.69) is 120 Å². The summed E-state index contributed by atoms with van der Waals surface area (Å²) < 4.78 is 66.0. The number of carbonyl (C=O) groups excluding carboxylic acids is 4. The third-order valence-corrected chi connectivity index (χ3v) is 23.8. The van der Waals surface area contributed by atoms with Crippen LogP contribution in [0.3, 0.4) is 0 Å². The number of pyridine rings is 2. The van der Waals surface area contributed by atoms with Crippen LogP contribution < -0.4 is 16.3 Å². The molecule has 0 spiro atoms. The first-order valence-electron chi connectivity index (χ1n) is 40.7. The number of likely N-dealkylation sites (tertiary alicyclic amines) is 4. The van der Waals surface area contributed by atoms with Crippen LogP contribution in [0, 0.1) is 11.6 Å². The van der Waals surface area contributed by atoms with Crippen LogP contribution in [-0.4, -0.2) is 133 Å². The lowest BCUT2D eigenvalue weighted by Gasteiger charge is -2.32. The maximum absolute atomic E-state index is 15.7. The normalized spacial score (nSPS) is 19.2. The van der Waals surface area contributed by atoms with Crippen molar-refractivity contribution in [1.82, 2.24) is 29.6 Å². The zero-order valence-electron chi connectivity index (χ0n) is 69.2. The number of ether oxygens (including phenoxy) is 4. The Morgan fingerprint density at radius 1 is 0.475 bits per heavy atom. The topological polar surface area (TPSA) is 227 Å². The summed E-state index contributed by atoms with van der Waals surface area (Å²) in [6.07, 6.45) is 9.88. The number of hydrogen-bond acceptors (Lipinski definition) is 14. The summed E-state index contributed by atoms with van der Waals surface area (Å²) in [7, 11) is -0.369. The van der Waals surface area contributed by atoms with E-state index in [0.717, 1.165) is 115 Å². The van der Waals surface area contributed by atoms with Crippen molar-refractivity contribution < 1.29 is 56.2 Å². The number of benzene rings is 8. The van der Waals surface area contributed by atoms with Gasteiger partial charge in [-0.05, 0) is 241 Å². The Morgan fingerprint density at radius 3 is 1.28 bits per heavy atom. The fourth-order valence-corrected chi connectivity index (χ4v) is 16.9. The predicted octanol–water partition coefficient (Wildman–Crippen LogP) is 20.4. The summed E-state index contributed by atoms with van der Waals surface area (Å²) in [4.78, 5) is 99.5. The third kappa shape index (κ3) is 19.2. The second-order valence-electron chi connectivity index (χ2n) is 34.3. The number of fused-ring (bicyclic) bond motifs is 4. The van der Waals surface area contributed by atoms with Gasteiger partial charge in [-0.1, -0.05) is 137 Å². The van der Waals surface area contributed by atoms with Crippen molar-refractivity contribution in [2.24, 2.45) is 9.98 Å². The van der Waals surface area contributed by atoms with E-state index in [1.165, 1.54) is 20.8 Å². The van der Waals surface area contributed by atoms with Gasteiger partial charge in [0.05, 0.1) is 57.8 Å². The quantitative estimate of drug-likeness (QED) is 0.0860. The molecule has 0 aliphatic carbocycles. The molecule has 8 aromatic carbocycles. The van der Waals surface area contributed by atoms with Gasteiger partial charge in [0.15, 0.2) is 11.6 Å². The molecular formula is C94H102BBrF2N8O12S2. The van der Waals surface area contributed by atoms with E-state index in [4.69, 9.17) is 38.2 Å². The molecule has 0 bridgehead atoms. The summed E-state index contributed by atoms with van der Waals surface area (Å²) >= 11 is 3.36. The number of aromatic nitrogens is 2. The third-order valence-electron chi connectivity index (χ3n) is 23.3. The van der Waals surface area contributed by atoms with Gasteiger partial charge in [-0.3, -0.25) is 39.2 Å². The van der Waals surface area contributed by atoms with Crippen molar-refractivity contribution in [2.75, 3.05) is 26.2 Å². The van der Waals surface area contributed by atoms with Crippen LogP contribution in [0.25, 0.3) is 65.6 Å². The Kier molecular flexibility index (Phi) is 26.3. The molecule has 4 amide bonds. The fourth-order valence-electron chi connectivity index (χ4n) is 16.5. The highest BCUT2D eigenvalue weighted by molar-refractivity contribution is 9.10. The lowest BCUT2D eigenvalue weighted by Crippen LogP contribution is -2.43. The lowest BCUT2D eigenvalue weighted by molar-refractivity contribution is 0.00578. The number of nitrogens with zero attached hydrogens (tertiary/aromatic N) is 6. The van der Waals surface area contributed by atoms with E-state index >= 15 is 4.39 Å². The van der Waals surface area contributed by atoms with Crippen LogP contribution in [0.5, 0.6) is 0 Å².